The van der Waals surface area contributed by atoms with Gasteiger partial charge in [0.05, 0.1) is 10.8 Å². The van der Waals surface area contributed by atoms with Crippen molar-refractivity contribution in [3.8, 4) is 0 Å². The molecule has 0 fully saturated rings. The summed E-state index contributed by atoms with van der Waals surface area (Å²) in [5, 5.41) is 20.1. The van der Waals surface area contributed by atoms with Gasteiger partial charge in [-0.2, -0.15) is 0 Å². The molecule has 0 bridgehead atoms. The molecule has 0 aliphatic heterocycles. The Bertz CT molecular complexity index is 704. The third kappa shape index (κ3) is 5.00. The molecule has 0 saturated heterocycles. The molecule has 28 heavy (non-hydrogen) atoms. The van der Waals surface area contributed by atoms with Crippen LogP contribution in [0, 0.1) is 10.8 Å². The highest BCUT2D eigenvalue weighted by atomic mass is 16.4. The largest absolute Gasteiger partial charge is 0.481 e. The second-order valence-corrected chi connectivity index (χ2v) is 7.70. The van der Waals surface area contributed by atoms with Crippen molar-refractivity contribution in [1.29, 1.82) is 0 Å². The molecule has 2 rings (SSSR count). The van der Waals surface area contributed by atoms with Gasteiger partial charge in [0.25, 0.3) is 0 Å². The Morgan fingerprint density at radius 3 is 1.25 bits per heavy atom. The summed E-state index contributed by atoms with van der Waals surface area (Å²) in [6.45, 7) is 3.76. The van der Waals surface area contributed by atoms with Crippen LogP contribution in [0.25, 0.3) is 0 Å². The zero-order valence-corrected chi connectivity index (χ0v) is 16.7. The Labute approximate surface area is 167 Å². The molecule has 2 N–H and O–H groups in total. The monoisotopic (exact) mass is 382 g/mol. The highest BCUT2D eigenvalue weighted by Gasteiger charge is 2.43. The zero-order chi connectivity index (χ0) is 20.6. The van der Waals surface area contributed by atoms with Gasteiger partial charge in [-0.1, -0.05) is 74.5 Å². The molecule has 2 aromatic carbocycles. The lowest BCUT2D eigenvalue weighted by Gasteiger charge is -2.34. The molecule has 2 atom stereocenters. The second-order valence-electron chi connectivity index (χ2n) is 7.70. The number of carboxylic acid groups (broad SMARTS) is 2. The fourth-order valence-electron chi connectivity index (χ4n) is 3.90. The molecular weight excluding hydrogens is 352 g/mol. The van der Waals surface area contributed by atoms with Gasteiger partial charge in [0.2, 0.25) is 0 Å². The summed E-state index contributed by atoms with van der Waals surface area (Å²) < 4.78 is 0. The first-order valence-electron chi connectivity index (χ1n) is 9.92. The first-order chi connectivity index (χ1) is 13.4. The van der Waals surface area contributed by atoms with Gasteiger partial charge < -0.3 is 10.2 Å². The first kappa shape index (κ1) is 21.7. The lowest BCUT2D eigenvalue weighted by Crippen LogP contribution is -2.38. The van der Waals surface area contributed by atoms with Gasteiger partial charge in [0.1, 0.15) is 0 Å². The van der Waals surface area contributed by atoms with Gasteiger partial charge in [-0.3, -0.25) is 9.59 Å². The summed E-state index contributed by atoms with van der Waals surface area (Å²) in [5.41, 5.74) is 0.00131. The molecule has 0 spiro atoms. The third-order valence-electron chi connectivity index (χ3n) is 6.11. The number of hydrogen-bond acceptors (Lipinski definition) is 2. The smallest absolute Gasteiger partial charge is 0.309 e. The summed E-state index contributed by atoms with van der Waals surface area (Å²) >= 11 is 0. The molecule has 4 heteroatoms. The average Bonchev–Trinajstić information content (AvgIpc) is 2.71. The quantitative estimate of drug-likeness (QED) is 0.559. The van der Waals surface area contributed by atoms with Gasteiger partial charge in [-0.15, -0.1) is 0 Å². The maximum atomic E-state index is 12.2. The lowest BCUT2D eigenvalue weighted by molar-refractivity contribution is -0.155. The topological polar surface area (TPSA) is 74.6 Å². The molecule has 0 aromatic heterocycles. The van der Waals surface area contributed by atoms with Crippen LogP contribution in [0.3, 0.4) is 0 Å². The maximum absolute atomic E-state index is 12.2. The Morgan fingerprint density at radius 2 is 1.00 bits per heavy atom. The highest BCUT2D eigenvalue weighted by molar-refractivity contribution is 5.77. The molecule has 0 radical (unpaired) electrons. The highest BCUT2D eigenvalue weighted by Crippen LogP contribution is 2.41. The van der Waals surface area contributed by atoms with E-state index < -0.39 is 22.8 Å². The maximum Gasteiger partial charge on any atom is 0.309 e. The summed E-state index contributed by atoms with van der Waals surface area (Å²) in [4.78, 5) is 24.5. The van der Waals surface area contributed by atoms with Crippen LogP contribution < -0.4 is 0 Å². The van der Waals surface area contributed by atoms with Crippen molar-refractivity contribution in [3.63, 3.8) is 0 Å². The summed E-state index contributed by atoms with van der Waals surface area (Å²) in [5.74, 6) is -1.71. The molecule has 0 amide bonds. The predicted molar refractivity (Wildman–Crippen MR) is 110 cm³/mol. The third-order valence-corrected chi connectivity index (χ3v) is 6.11. The van der Waals surface area contributed by atoms with Gasteiger partial charge >= 0.3 is 11.9 Å². The van der Waals surface area contributed by atoms with Gasteiger partial charge in [-0.05, 0) is 49.7 Å². The van der Waals surface area contributed by atoms with Crippen LogP contribution in [0.1, 0.15) is 50.7 Å². The minimum absolute atomic E-state index is 0.334. The molecular formula is C24H30O4. The van der Waals surface area contributed by atoms with Crippen LogP contribution in [0.2, 0.25) is 0 Å². The second kappa shape index (κ2) is 9.54. The van der Waals surface area contributed by atoms with Gasteiger partial charge in [-0.25, -0.2) is 0 Å². The van der Waals surface area contributed by atoms with Crippen LogP contribution >= 0.6 is 0 Å². The van der Waals surface area contributed by atoms with E-state index in [9.17, 15) is 19.8 Å². The van der Waals surface area contributed by atoms with Crippen LogP contribution in [-0.4, -0.2) is 22.2 Å². The van der Waals surface area contributed by atoms with Crippen LogP contribution in [0.4, 0.5) is 0 Å². The zero-order valence-electron chi connectivity index (χ0n) is 16.7. The predicted octanol–water partition coefficient (Wildman–Crippen LogP) is 5.21. The summed E-state index contributed by atoms with van der Waals surface area (Å²) in [6, 6.07) is 19.2. The van der Waals surface area contributed by atoms with E-state index in [1.165, 1.54) is 0 Å². The van der Waals surface area contributed by atoms with E-state index >= 15 is 0 Å². The number of benzene rings is 2. The van der Waals surface area contributed by atoms with Crippen molar-refractivity contribution in [2.45, 2.75) is 52.4 Å². The van der Waals surface area contributed by atoms with E-state index in [1.807, 2.05) is 74.5 Å². The van der Waals surface area contributed by atoms with Crippen LogP contribution in [-0.2, 0) is 22.4 Å². The van der Waals surface area contributed by atoms with E-state index in [4.69, 9.17) is 0 Å². The van der Waals surface area contributed by atoms with Gasteiger partial charge in [0.15, 0.2) is 0 Å². The molecule has 4 nitrogen and oxygen atoms in total. The Morgan fingerprint density at radius 1 is 0.679 bits per heavy atom. The Hall–Kier alpha value is -2.62. The van der Waals surface area contributed by atoms with E-state index in [0.717, 1.165) is 11.1 Å². The average molecular weight is 383 g/mol. The molecule has 2 unspecified atom stereocenters. The molecule has 0 saturated carbocycles. The van der Waals surface area contributed by atoms with Crippen LogP contribution in [0.15, 0.2) is 60.7 Å². The molecule has 0 aliphatic rings. The minimum atomic E-state index is -0.964. The lowest BCUT2D eigenvalue weighted by atomic mass is 9.68. The standard InChI is InChI=1S/C24H30O4/c1-3-23(21(25)26,17-19-11-7-5-8-12-19)15-16-24(4-2,22(27)28)18-20-13-9-6-10-14-20/h5-14H,3-4,15-18H2,1-2H3,(H,25,26)(H,27,28). The van der Waals surface area contributed by atoms with Crippen molar-refractivity contribution in [3.05, 3.63) is 71.8 Å². The number of aliphatic carboxylic acids is 2. The molecule has 2 aromatic rings. The summed E-state index contributed by atoms with van der Waals surface area (Å²) in [6.07, 6.45) is 2.40. The van der Waals surface area contributed by atoms with Gasteiger partial charge in [0, 0.05) is 0 Å². The number of carbonyl (C=O) groups is 2. The Balaban J connectivity index is 2.28. The first-order valence-corrected chi connectivity index (χ1v) is 9.92. The van der Waals surface area contributed by atoms with E-state index in [-0.39, 0.29) is 0 Å². The normalized spacial score (nSPS) is 15.4. The molecule has 150 valence electrons. The van der Waals surface area contributed by atoms with Crippen molar-refractivity contribution in [2.24, 2.45) is 10.8 Å². The van der Waals surface area contributed by atoms with Crippen molar-refractivity contribution in [1.82, 2.24) is 0 Å². The molecule has 0 heterocycles. The fraction of sp³-hybridized carbons (Fsp3) is 0.417. The molecule has 0 aliphatic carbocycles. The van der Waals surface area contributed by atoms with E-state index in [2.05, 4.69) is 0 Å². The fourth-order valence-corrected chi connectivity index (χ4v) is 3.90. The summed E-state index contributed by atoms with van der Waals surface area (Å²) in [7, 11) is 0. The van der Waals surface area contributed by atoms with E-state index in [0.29, 0.717) is 38.5 Å². The minimum Gasteiger partial charge on any atom is -0.481 e. The number of hydrogen-bond donors (Lipinski definition) is 2. The van der Waals surface area contributed by atoms with Crippen molar-refractivity contribution in [2.75, 3.05) is 0 Å². The number of carboxylic acids is 2. The SMILES string of the molecule is CCC(CCC(CC)(Cc1ccccc1)C(=O)O)(Cc1ccccc1)C(=O)O. The van der Waals surface area contributed by atoms with Crippen molar-refractivity contribution >= 4 is 11.9 Å². The Kier molecular flexibility index (Phi) is 7.38. The number of rotatable bonds is 11. The van der Waals surface area contributed by atoms with Crippen LogP contribution in [0.5, 0.6) is 0 Å². The van der Waals surface area contributed by atoms with Crippen molar-refractivity contribution < 1.29 is 19.8 Å². The van der Waals surface area contributed by atoms with E-state index in [1.54, 1.807) is 0 Å².